The first-order valence-corrected chi connectivity index (χ1v) is 4.27. The summed E-state index contributed by atoms with van der Waals surface area (Å²) in [5.41, 5.74) is -0.715. The molecule has 0 saturated heterocycles. The van der Waals surface area contributed by atoms with E-state index in [0.717, 1.165) is 19.0 Å². The molecule has 1 aliphatic rings. The van der Waals surface area contributed by atoms with Gasteiger partial charge in [-0.2, -0.15) is 0 Å². The molecule has 1 heterocycles. The van der Waals surface area contributed by atoms with Gasteiger partial charge < -0.3 is 15.7 Å². The quantitative estimate of drug-likeness (QED) is 0.534. The average molecular weight is 171 g/mol. The van der Waals surface area contributed by atoms with Crippen LogP contribution in [0.2, 0.25) is 0 Å². The first kappa shape index (κ1) is 9.32. The maximum atomic E-state index is 9.60. The zero-order valence-electron chi connectivity index (χ0n) is 7.89. The molecule has 1 rings (SSSR count). The van der Waals surface area contributed by atoms with Crippen LogP contribution in [0.1, 0.15) is 20.8 Å². The van der Waals surface area contributed by atoms with Crippen molar-refractivity contribution in [2.75, 3.05) is 13.1 Å². The molecule has 1 atom stereocenters. The predicted molar refractivity (Wildman–Crippen MR) is 49.2 cm³/mol. The molecule has 4 nitrogen and oxygen atoms in total. The van der Waals surface area contributed by atoms with Crippen LogP contribution in [0.15, 0.2) is 4.99 Å². The molecular weight excluding hydrogens is 154 g/mol. The Morgan fingerprint density at radius 1 is 1.67 bits per heavy atom. The number of nitrogens with one attached hydrogen (secondary N) is 2. The first-order valence-electron chi connectivity index (χ1n) is 4.27. The minimum absolute atomic E-state index is 0.00171. The molecule has 0 bridgehead atoms. The topological polar surface area (TPSA) is 56.7 Å². The largest absolute Gasteiger partial charge is 0.388 e. The van der Waals surface area contributed by atoms with Crippen molar-refractivity contribution in [1.82, 2.24) is 10.6 Å². The van der Waals surface area contributed by atoms with Gasteiger partial charge in [0.15, 0.2) is 5.96 Å². The number of guanidine groups is 1. The summed E-state index contributed by atoms with van der Waals surface area (Å²) in [5, 5.41) is 15.8. The summed E-state index contributed by atoms with van der Waals surface area (Å²) < 4.78 is 0. The van der Waals surface area contributed by atoms with E-state index in [1.165, 1.54) is 0 Å². The number of aliphatic imine (C=N–C) groups is 1. The zero-order chi connectivity index (χ0) is 9.19. The van der Waals surface area contributed by atoms with Gasteiger partial charge in [0.1, 0.15) is 0 Å². The highest BCUT2D eigenvalue weighted by molar-refractivity contribution is 5.81. The molecule has 1 aliphatic heterocycles. The molecule has 0 aliphatic carbocycles. The van der Waals surface area contributed by atoms with Crippen LogP contribution in [0.5, 0.6) is 0 Å². The minimum Gasteiger partial charge on any atom is -0.388 e. The molecule has 12 heavy (non-hydrogen) atoms. The van der Waals surface area contributed by atoms with E-state index in [0.29, 0.717) is 0 Å². The highest BCUT2D eigenvalue weighted by Gasteiger charge is 2.23. The van der Waals surface area contributed by atoms with Crippen LogP contribution in [0.4, 0.5) is 0 Å². The zero-order valence-corrected chi connectivity index (χ0v) is 7.89. The fourth-order valence-electron chi connectivity index (χ4n) is 0.876. The molecule has 4 heteroatoms. The Balaban J connectivity index is 2.40. The van der Waals surface area contributed by atoms with Gasteiger partial charge in [-0.15, -0.1) is 0 Å². The Hall–Kier alpha value is -0.770. The average Bonchev–Trinajstić information content (AvgIpc) is 2.37. The van der Waals surface area contributed by atoms with Gasteiger partial charge in [0.2, 0.25) is 0 Å². The number of hydrogen-bond acceptors (Lipinski definition) is 4. The lowest BCUT2D eigenvalue weighted by Crippen LogP contribution is -2.50. The van der Waals surface area contributed by atoms with Gasteiger partial charge in [-0.25, -0.2) is 0 Å². The van der Waals surface area contributed by atoms with E-state index in [1.54, 1.807) is 13.8 Å². The van der Waals surface area contributed by atoms with Gasteiger partial charge in [0.25, 0.3) is 0 Å². The molecule has 0 saturated carbocycles. The lowest BCUT2D eigenvalue weighted by Gasteiger charge is -2.27. The second-order valence-electron chi connectivity index (χ2n) is 3.68. The van der Waals surface area contributed by atoms with Crippen molar-refractivity contribution in [3.8, 4) is 0 Å². The van der Waals surface area contributed by atoms with E-state index >= 15 is 0 Å². The Labute approximate surface area is 73.1 Å². The highest BCUT2D eigenvalue weighted by atomic mass is 16.3. The van der Waals surface area contributed by atoms with Crippen molar-refractivity contribution < 1.29 is 5.11 Å². The molecule has 0 aromatic rings. The molecular formula is C8H17N3O. The molecule has 70 valence electrons. The second-order valence-corrected chi connectivity index (χ2v) is 3.68. The van der Waals surface area contributed by atoms with Gasteiger partial charge in [0, 0.05) is 6.54 Å². The predicted octanol–water partition coefficient (Wildman–Crippen LogP) is -0.305. The summed E-state index contributed by atoms with van der Waals surface area (Å²) in [7, 11) is 0. The monoisotopic (exact) mass is 171 g/mol. The number of rotatable bonds is 2. The molecule has 3 N–H and O–H groups in total. The van der Waals surface area contributed by atoms with Crippen LogP contribution < -0.4 is 10.6 Å². The van der Waals surface area contributed by atoms with E-state index in [1.807, 2.05) is 6.92 Å². The van der Waals surface area contributed by atoms with E-state index in [-0.39, 0.29) is 6.04 Å². The summed E-state index contributed by atoms with van der Waals surface area (Å²) >= 11 is 0. The fraction of sp³-hybridized carbons (Fsp3) is 0.875. The van der Waals surface area contributed by atoms with E-state index in [2.05, 4.69) is 15.6 Å². The Morgan fingerprint density at radius 2 is 2.33 bits per heavy atom. The first-order chi connectivity index (χ1) is 5.50. The summed E-state index contributed by atoms with van der Waals surface area (Å²) in [6.07, 6.45) is 0. The molecule has 0 spiro atoms. The number of aliphatic hydroxyl groups is 1. The Morgan fingerprint density at radius 3 is 2.75 bits per heavy atom. The van der Waals surface area contributed by atoms with Crippen LogP contribution in [0, 0.1) is 0 Å². The summed E-state index contributed by atoms with van der Waals surface area (Å²) in [6.45, 7) is 7.20. The van der Waals surface area contributed by atoms with Gasteiger partial charge in [-0.3, -0.25) is 4.99 Å². The maximum absolute atomic E-state index is 9.60. The summed E-state index contributed by atoms with van der Waals surface area (Å²) in [6, 6.07) is 0.00171. The molecule has 0 aromatic heterocycles. The lowest BCUT2D eigenvalue weighted by atomic mass is 10.0. The van der Waals surface area contributed by atoms with Crippen LogP contribution in [0.3, 0.4) is 0 Å². The van der Waals surface area contributed by atoms with Crippen LogP contribution in [0.25, 0.3) is 0 Å². The Bertz CT molecular complexity index is 183. The molecule has 1 unspecified atom stereocenters. The minimum atomic E-state index is -0.715. The van der Waals surface area contributed by atoms with E-state index in [9.17, 15) is 5.11 Å². The molecule has 0 aromatic carbocycles. The van der Waals surface area contributed by atoms with E-state index < -0.39 is 5.60 Å². The molecule has 0 fully saturated rings. The number of hydrogen-bond donors (Lipinski definition) is 3. The SMILES string of the molecule is CC(NC1=NCCN1)C(C)(C)O. The van der Waals surface area contributed by atoms with Crippen molar-refractivity contribution in [3.05, 3.63) is 0 Å². The third-order valence-corrected chi connectivity index (χ3v) is 2.09. The van der Waals surface area contributed by atoms with Gasteiger partial charge in [0.05, 0.1) is 18.2 Å². The van der Waals surface area contributed by atoms with E-state index in [4.69, 9.17) is 0 Å². The van der Waals surface area contributed by atoms with Crippen molar-refractivity contribution in [2.24, 2.45) is 4.99 Å². The molecule has 0 amide bonds. The summed E-state index contributed by atoms with van der Waals surface area (Å²) in [5.74, 6) is 0.796. The van der Waals surface area contributed by atoms with Crippen molar-refractivity contribution in [1.29, 1.82) is 0 Å². The van der Waals surface area contributed by atoms with Gasteiger partial charge in [-0.05, 0) is 20.8 Å². The maximum Gasteiger partial charge on any atom is 0.191 e. The van der Waals surface area contributed by atoms with Crippen molar-refractivity contribution in [3.63, 3.8) is 0 Å². The second kappa shape index (κ2) is 3.31. The third kappa shape index (κ3) is 2.37. The van der Waals surface area contributed by atoms with Crippen LogP contribution in [-0.4, -0.2) is 35.8 Å². The van der Waals surface area contributed by atoms with Gasteiger partial charge in [-0.1, -0.05) is 0 Å². The highest BCUT2D eigenvalue weighted by Crippen LogP contribution is 2.07. The number of nitrogens with zero attached hydrogens (tertiary/aromatic N) is 1. The Kier molecular flexibility index (Phi) is 2.57. The van der Waals surface area contributed by atoms with Crippen LogP contribution >= 0.6 is 0 Å². The molecule has 0 radical (unpaired) electrons. The van der Waals surface area contributed by atoms with Crippen molar-refractivity contribution >= 4 is 5.96 Å². The standard InChI is InChI=1S/C8H17N3O/c1-6(8(2,3)12)11-7-9-4-5-10-7/h6,12H,4-5H2,1-3H3,(H2,9,10,11). The third-order valence-electron chi connectivity index (χ3n) is 2.09. The van der Waals surface area contributed by atoms with Gasteiger partial charge >= 0.3 is 0 Å². The lowest BCUT2D eigenvalue weighted by molar-refractivity contribution is 0.0510. The van der Waals surface area contributed by atoms with Crippen molar-refractivity contribution in [2.45, 2.75) is 32.4 Å². The smallest absolute Gasteiger partial charge is 0.191 e. The fourth-order valence-corrected chi connectivity index (χ4v) is 0.876. The normalized spacial score (nSPS) is 19.8. The summed E-state index contributed by atoms with van der Waals surface area (Å²) in [4.78, 5) is 4.17. The van der Waals surface area contributed by atoms with Crippen LogP contribution in [-0.2, 0) is 0 Å².